The number of aliphatic hydroxyl groups excluding tert-OH is 3. The molecule has 5 nitrogen and oxygen atoms in total. The van der Waals surface area contributed by atoms with Gasteiger partial charge in [-0.1, -0.05) is 31.4 Å². The van der Waals surface area contributed by atoms with Gasteiger partial charge >= 0.3 is 5.97 Å². The fourth-order valence-corrected chi connectivity index (χ4v) is 5.22. The van der Waals surface area contributed by atoms with Crippen molar-refractivity contribution >= 4 is 17.7 Å². The summed E-state index contributed by atoms with van der Waals surface area (Å²) >= 11 is 1.30. The SMILES string of the molecule is COC(=O)CCCCCC[C@@H]1[C@@H](CC[C@@H](O)CSc2ccccc2F)[C@H](O)C[C@@H]1O. The van der Waals surface area contributed by atoms with Crippen molar-refractivity contribution in [2.45, 2.75) is 81.0 Å². The number of rotatable bonds is 13. The average Bonchev–Trinajstić information content (AvgIpc) is 3.00. The van der Waals surface area contributed by atoms with Gasteiger partial charge in [0.1, 0.15) is 5.82 Å². The Hall–Kier alpha value is -1.15. The largest absolute Gasteiger partial charge is 0.469 e. The quantitative estimate of drug-likeness (QED) is 0.244. The zero-order chi connectivity index (χ0) is 21.9. The first-order valence-corrected chi connectivity index (χ1v) is 11.9. The molecular weight excluding hydrogens is 407 g/mol. The monoisotopic (exact) mass is 442 g/mol. The van der Waals surface area contributed by atoms with Crippen LogP contribution in [0.25, 0.3) is 0 Å². The van der Waals surface area contributed by atoms with Gasteiger partial charge < -0.3 is 20.1 Å². The minimum absolute atomic E-state index is 0.0248. The third-order valence-corrected chi connectivity index (χ3v) is 7.21. The summed E-state index contributed by atoms with van der Waals surface area (Å²) in [6, 6.07) is 6.52. The van der Waals surface area contributed by atoms with Crippen LogP contribution in [0.2, 0.25) is 0 Å². The average molecular weight is 443 g/mol. The molecule has 0 saturated heterocycles. The number of halogens is 1. The third-order valence-electron chi connectivity index (χ3n) is 6.02. The summed E-state index contributed by atoms with van der Waals surface area (Å²) in [6.45, 7) is 0. The molecule has 1 fully saturated rings. The molecule has 0 radical (unpaired) electrons. The van der Waals surface area contributed by atoms with Crippen LogP contribution in [0.5, 0.6) is 0 Å². The van der Waals surface area contributed by atoms with E-state index in [4.69, 9.17) is 0 Å². The number of benzene rings is 1. The molecule has 1 aliphatic carbocycles. The number of methoxy groups -OCH3 is 1. The second kappa shape index (κ2) is 13.3. The van der Waals surface area contributed by atoms with Gasteiger partial charge in [-0.3, -0.25) is 4.79 Å². The molecule has 0 aliphatic heterocycles. The van der Waals surface area contributed by atoms with Crippen molar-refractivity contribution in [3.63, 3.8) is 0 Å². The molecule has 1 aromatic rings. The molecule has 0 bridgehead atoms. The summed E-state index contributed by atoms with van der Waals surface area (Å²) in [5, 5.41) is 31.0. The predicted molar refractivity (Wildman–Crippen MR) is 116 cm³/mol. The summed E-state index contributed by atoms with van der Waals surface area (Å²) in [5.41, 5.74) is 0. The van der Waals surface area contributed by atoms with Gasteiger partial charge in [0.05, 0.1) is 25.4 Å². The summed E-state index contributed by atoms with van der Waals surface area (Å²) < 4.78 is 18.3. The molecule has 5 atom stereocenters. The molecule has 0 spiro atoms. The van der Waals surface area contributed by atoms with Gasteiger partial charge in [0.15, 0.2) is 0 Å². The fourth-order valence-electron chi connectivity index (χ4n) is 4.30. The molecule has 0 amide bonds. The van der Waals surface area contributed by atoms with Crippen molar-refractivity contribution < 1.29 is 29.2 Å². The highest BCUT2D eigenvalue weighted by atomic mass is 32.2. The lowest BCUT2D eigenvalue weighted by Gasteiger charge is -2.24. The highest BCUT2D eigenvalue weighted by Crippen LogP contribution is 2.39. The van der Waals surface area contributed by atoms with Crippen LogP contribution in [0.4, 0.5) is 4.39 Å². The molecule has 0 unspecified atom stereocenters. The van der Waals surface area contributed by atoms with Crippen LogP contribution in [0.15, 0.2) is 29.2 Å². The summed E-state index contributed by atoms with van der Waals surface area (Å²) in [6.07, 6.45) is 4.85. The van der Waals surface area contributed by atoms with Gasteiger partial charge in [-0.05, 0) is 56.1 Å². The van der Waals surface area contributed by atoms with E-state index in [1.54, 1.807) is 18.2 Å². The number of esters is 1. The van der Waals surface area contributed by atoms with E-state index in [2.05, 4.69) is 4.74 Å². The molecule has 7 heteroatoms. The van der Waals surface area contributed by atoms with E-state index in [1.165, 1.54) is 24.9 Å². The normalized spacial score (nSPS) is 24.7. The smallest absolute Gasteiger partial charge is 0.305 e. The first kappa shape index (κ1) is 25.1. The Morgan fingerprint density at radius 1 is 1.13 bits per heavy atom. The lowest BCUT2D eigenvalue weighted by atomic mass is 9.85. The number of hydrogen-bond donors (Lipinski definition) is 3. The van der Waals surface area contributed by atoms with Crippen LogP contribution in [0.3, 0.4) is 0 Å². The van der Waals surface area contributed by atoms with E-state index in [0.717, 1.165) is 32.1 Å². The molecule has 1 saturated carbocycles. The Balaban J connectivity index is 1.70. The van der Waals surface area contributed by atoms with Crippen molar-refractivity contribution in [1.82, 2.24) is 0 Å². The summed E-state index contributed by atoms with van der Waals surface area (Å²) in [4.78, 5) is 11.6. The maximum atomic E-state index is 13.7. The Kier molecular flexibility index (Phi) is 11.1. The number of hydrogen-bond acceptors (Lipinski definition) is 6. The van der Waals surface area contributed by atoms with Gasteiger partial charge in [-0.2, -0.15) is 0 Å². The molecule has 3 N–H and O–H groups in total. The lowest BCUT2D eigenvalue weighted by molar-refractivity contribution is -0.140. The topological polar surface area (TPSA) is 87.0 Å². The standard InChI is InChI=1S/C23H35FO5S/c1-29-23(28)11-5-3-2-4-8-17-18(21(27)14-20(17)26)13-12-16(25)15-30-22-10-7-6-9-19(22)24/h6-7,9-10,16-18,20-21,25-27H,2-5,8,11-15H2,1H3/t16-,17-,18-,20+,21-/m1/s1. The van der Waals surface area contributed by atoms with Crippen molar-refractivity contribution in [2.75, 3.05) is 12.9 Å². The Labute approximate surface area is 183 Å². The number of ether oxygens (including phenoxy) is 1. The van der Waals surface area contributed by atoms with E-state index >= 15 is 0 Å². The summed E-state index contributed by atoms with van der Waals surface area (Å²) in [5.74, 6) is -0.0565. The Bertz CT molecular complexity index is 644. The fraction of sp³-hybridized carbons (Fsp3) is 0.696. The number of aliphatic hydroxyl groups is 3. The number of thioether (sulfide) groups is 1. The highest BCUT2D eigenvalue weighted by Gasteiger charge is 2.40. The lowest BCUT2D eigenvalue weighted by Crippen LogP contribution is -2.24. The second-order valence-electron chi connectivity index (χ2n) is 8.20. The minimum Gasteiger partial charge on any atom is -0.469 e. The van der Waals surface area contributed by atoms with E-state index < -0.39 is 18.3 Å². The van der Waals surface area contributed by atoms with E-state index in [-0.39, 0.29) is 23.6 Å². The van der Waals surface area contributed by atoms with Gasteiger partial charge in [-0.25, -0.2) is 4.39 Å². The Morgan fingerprint density at radius 3 is 2.50 bits per heavy atom. The number of carbonyl (C=O) groups excluding carboxylic acids is 1. The maximum Gasteiger partial charge on any atom is 0.305 e. The zero-order valence-corrected chi connectivity index (χ0v) is 18.5. The molecule has 0 heterocycles. The van der Waals surface area contributed by atoms with Gasteiger partial charge in [0, 0.05) is 17.1 Å². The maximum absolute atomic E-state index is 13.7. The minimum atomic E-state index is -0.585. The van der Waals surface area contributed by atoms with Gasteiger partial charge in [-0.15, -0.1) is 11.8 Å². The zero-order valence-electron chi connectivity index (χ0n) is 17.7. The van der Waals surface area contributed by atoms with Crippen molar-refractivity contribution in [2.24, 2.45) is 11.8 Å². The van der Waals surface area contributed by atoms with Crippen LogP contribution in [-0.2, 0) is 9.53 Å². The van der Waals surface area contributed by atoms with E-state index in [0.29, 0.717) is 36.3 Å². The first-order valence-electron chi connectivity index (χ1n) is 10.9. The summed E-state index contributed by atoms with van der Waals surface area (Å²) in [7, 11) is 1.39. The molecule has 170 valence electrons. The number of carbonyl (C=O) groups is 1. The first-order chi connectivity index (χ1) is 14.4. The van der Waals surface area contributed by atoms with Gasteiger partial charge in [0.2, 0.25) is 0 Å². The molecule has 30 heavy (non-hydrogen) atoms. The van der Waals surface area contributed by atoms with Crippen LogP contribution in [0.1, 0.15) is 57.8 Å². The molecule has 1 aromatic carbocycles. The van der Waals surface area contributed by atoms with Gasteiger partial charge in [0.25, 0.3) is 0 Å². The highest BCUT2D eigenvalue weighted by molar-refractivity contribution is 7.99. The second-order valence-corrected chi connectivity index (χ2v) is 9.26. The molecular formula is C23H35FO5S. The van der Waals surface area contributed by atoms with Crippen molar-refractivity contribution in [1.29, 1.82) is 0 Å². The van der Waals surface area contributed by atoms with Crippen LogP contribution < -0.4 is 0 Å². The van der Waals surface area contributed by atoms with Crippen LogP contribution in [-0.4, -0.2) is 52.5 Å². The van der Waals surface area contributed by atoms with Crippen molar-refractivity contribution in [3.8, 4) is 0 Å². The van der Waals surface area contributed by atoms with E-state index in [1.807, 2.05) is 0 Å². The van der Waals surface area contributed by atoms with Crippen LogP contribution in [0, 0.1) is 17.7 Å². The predicted octanol–water partition coefficient (Wildman–Crippen LogP) is 3.93. The Morgan fingerprint density at radius 2 is 1.80 bits per heavy atom. The third kappa shape index (κ3) is 8.17. The van der Waals surface area contributed by atoms with E-state index in [9.17, 15) is 24.5 Å². The van der Waals surface area contributed by atoms with Crippen molar-refractivity contribution in [3.05, 3.63) is 30.1 Å². The number of unbranched alkanes of at least 4 members (excludes halogenated alkanes) is 3. The van der Waals surface area contributed by atoms with Crippen LogP contribution >= 0.6 is 11.8 Å². The molecule has 2 rings (SSSR count). The molecule has 0 aromatic heterocycles. The molecule has 1 aliphatic rings.